The molecule has 0 aliphatic carbocycles. The number of aryl methyl sites for hydroxylation is 1. The van der Waals surface area contributed by atoms with E-state index in [0.29, 0.717) is 5.56 Å². The van der Waals surface area contributed by atoms with E-state index in [4.69, 9.17) is 5.26 Å². The minimum absolute atomic E-state index is 0.255. The van der Waals surface area contributed by atoms with Gasteiger partial charge in [-0.25, -0.2) is 4.79 Å². The van der Waals surface area contributed by atoms with Gasteiger partial charge in [0.1, 0.15) is 6.04 Å². The normalized spacial score (nSPS) is 16.2. The number of esters is 1. The number of rotatable bonds is 4. The van der Waals surface area contributed by atoms with Crippen LogP contribution in [0.3, 0.4) is 0 Å². The van der Waals surface area contributed by atoms with E-state index < -0.39 is 23.2 Å². The average Bonchev–Trinajstić information content (AvgIpc) is 3.15. The minimum Gasteiger partial charge on any atom is -0.467 e. The highest BCUT2D eigenvalue weighted by Crippen LogP contribution is 2.35. The number of carbonyl (C=O) groups excluding carboxylic acids is 3. The highest BCUT2D eigenvalue weighted by molar-refractivity contribution is 8.18. The van der Waals surface area contributed by atoms with E-state index in [-0.39, 0.29) is 4.91 Å². The molecule has 8 heteroatoms. The first-order chi connectivity index (χ1) is 13.8. The summed E-state index contributed by atoms with van der Waals surface area (Å²) in [4.78, 5) is 37.9. The summed E-state index contributed by atoms with van der Waals surface area (Å²) < 4.78 is 6.65. The quantitative estimate of drug-likeness (QED) is 0.566. The molecule has 2 heterocycles. The molecule has 148 valence electrons. The van der Waals surface area contributed by atoms with Gasteiger partial charge in [0.05, 0.1) is 23.6 Å². The smallest absolute Gasteiger partial charge is 0.328 e. The summed E-state index contributed by atoms with van der Waals surface area (Å²) in [6.45, 7) is 5.31. The molecule has 1 aliphatic rings. The van der Waals surface area contributed by atoms with Gasteiger partial charge < -0.3 is 9.30 Å². The van der Waals surface area contributed by atoms with Crippen molar-refractivity contribution in [3.63, 3.8) is 0 Å². The zero-order valence-corrected chi connectivity index (χ0v) is 17.2. The number of thioether (sulfide) groups is 1. The third-order valence-electron chi connectivity index (χ3n) is 4.76. The fourth-order valence-corrected chi connectivity index (χ4v) is 4.15. The van der Waals surface area contributed by atoms with Gasteiger partial charge in [-0.1, -0.05) is 0 Å². The van der Waals surface area contributed by atoms with E-state index in [1.54, 1.807) is 18.2 Å². The molecule has 1 aromatic carbocycles. The zero-order valence-electron chi connectivity index (χ0n) is 16.4. The second kappa shape index (κ2) is 7.97. The number of hydrogen-bond donors (Lipinski definition) is 0. The van der Waals surface area contributed by atoms with Crippen molar-refractivity contribution in [3.05, 3.63) is 57.8 Å². The molecule has 1 aromatic heterocycles. The lowest BCUT2D eigenvalue weighted by molar-refractivity contribution is -0.148. The summed E-state index contributed by atoms with van der Waals surface area (Å²) in [6.07, 6.45) is 1.66. The van der Waals surface area contributed by atoms with Gasteiger partial charge in [-0.15, -0.1) is 0 Å². The highest BCUT2D eigenvalue weighted by atomic mass is 32.2. The van der Waals surface area contributed by atoms with Crippen LogP contribution < -0.4 is 0 Å². The number of carbonyl (C=O) groups is 3. The van der Waals surface area contributed by atoms with Gasteiger partial charge >= 0.3 is 5.97 Å². The molecule has 29 heavy (non-hydrogen) atoms. The third kappa shape index (κ3) is 3.69. The molecule has 0 unspecified atom stereocenters. The molecular weight excluding hydrogens is 390 g/mol. The lowest BCUT2D eigenvalue weighted by Gasteiger charge is -2.18. The average molecular weight is 409 g/mol. The number of amides is 2. The maximum atomic E-state index is 12.7. The van der Waals surface area contributed by atoms with Gasteiger partial charge in [-0.2, -0.15) is 5.26 Å². The van der Waals surface area contributed by atoms with Crippen LogP contribution in [0.15, 0.2) is 35.2 Å². The molecule has 1 fully saturated rings. The van der Waals surface area contributed by atoms with Gasteiger partial charge in [-0.3, -0.25) is 14.5 Å². The predicted octanol–water partition coefficient (Wildman–Crippen LogP) is 3.56. The van der Waals surface area contributed by atoms with Crippen LogP contribution >= 0.6 is 11.8 Å². The molecule has 0 N–H and O–H groups in total. The Labute approximate surface area is 172 Å². The number of imide groups is 1. The molecule has 0 bridgehead atoms. The second-order valence-electron chi connectivity index (χ2n) is 6.57. The van der Waals surface area contributed by atoms with E-state index in [1.807, 2.05) is 36.6 Å². The standard InChI is InChI=1S/C21H19N3O4S/c1-12-9-16(13(2)23(12)17-7-5-15(11-22)6-8-17)10-18-19(25)24(21(27)29-18)14(3)20(26)28-4/h5-10,14H,1-4H3/b18-10+/t14-/m1/s1. The van der Waals surface area contributed by atoms with Crippen LogP contribution in [0.1, 0.15) is 29.4 Å². The Kier molecular flexibility index (Phi) is 5.62. The van der Waals surface area contributed by atoms with Crippen molar-refractivity contribution >= 4 is 35.0 Å². The largest absolute Gasteiger partial charge is 0.467 e. The van der Waals surface area contributed by atoms with E-state index in [0.717, 1.165) is 39.3 Å². The Bertz CT molecular complexity index is 1080. The van der Waals surface area contributed by atoms with E-state index in [9.17, 15) is 14.4 Å². The molecule has 0 radical (unpaired) electrons. The van der Waals surface area contributed by atoms with Crippen LogP contribution in [0.25, 0.3) is 11.8 Å². The number of methoxy groups -OCH3 is 1. The molecule has 3 rings (SSSR count). The molecule has 2 amide bonds. The molecular formula is C21H19N3O4S. The van der Waals surface area contributed by atoms with Crippen molar-refractivity contribution in [1.29, 1.82) is 5.26 Å². The Morgan fingerprint density at radius 3 is 2.48 bits per heavy atom. The topological polar surface area (TPSA) is 92.4 Å². The molecule has 1 saturated heterocycles. The maximum absolute atomic E-state index is 12.7. The molecule has 7 nitrogen and oxygen atoms in total. The van der Waals surface area contributed by atoms with E-state index in [1.165, 1.54) is 14.0 Å². The third-order valence-corrected chi connectivity index (χ3v) is 5.65. The van der Waals surface area contributed by atoms with Crippen molar-refractivity contribution in [3.8, 4) is 11.8 Å². The van der Waals surface area contributed by atoms with Crippen molar-refractivity contribution in [2.75, 3.05) is 7.11 Å². The Morgan fingerprint density at radius 1 is 1.24 bits per heavy atom. The number of benzene rings is 1. The maximum Gasteiger partial charge on any atom is 0.328 e. The van der Waals surface area contributed by atoms with Crippen molar-refractivity contribution in [1.82, 2.24) is 9.47 Å². The zero-order chi connectivity index (χ0) is 21.3. The van der Waals surface area contributed by atoms with Crippen molar-refractivity contribution in [2.45, 2.75) is 26.8 Å². The lowest BCUT2D eigenvalue weighted by Crippen LogP contribution is -2.42. The number of ether oxygens (including phenoxy) is 1. The highest BCUT2D eigenvalue weighted by Gasteiger charge is 2.41. The van der Waals surface area contributed by atoms with Crippen LogP contribution in [0.2, 0.25) is 0 Å². The molecule has 1 atom stereocenters. The van der Waals surface area contributed by atoms with Gasteiger partial charge in [0.2, 0.25) is 0 Å². The van der Waals surface area contributed by atoms with E-state index in [2.05, 4.69) is 10.8 Å². The number of nitriles is 1. The predicted molar refractivity (Wildman–Crippen MR) is 109 cm³/mol. The monoisotopic (exact) mass is 409 g/mol. The fourth-order valence-electron chi connectivity index (χ4n) is 3.25. The summed E-state index contributed by atoms with van der Waals surface area (Å²) in [6, 6.07) is 10.2. The van der Waals surface area contributed by atoms with Gasteiger partial charge in [-0.05, 0) is 74.5 Å². The first kappa shape index (κ1) is 20.4. The summed E-state index contributed by atoms with van der Waals surface area (Å²) >= 11 is 0.803. The first-order valence-corrected chi connectivity index (χ1v) is 9.64. The fraction of sp³-hybridized carbons (Fsp3) is 0.238. The summed E-state index contributed by atoms with van der Waals surface area (Å²) in [5, 5.41) is 8.47. The summed E-state index contributed by atoms with van der Waals surface area (Å²) in [5.41, 5.74) is 4.10. The van der Waals surface area contributed by atoms with Gasteiger partial charge in [0, 0.05) is 17.1 Å². The lowest BCUT2D eigenvalue weighted by atomic mass is 10.2. The molecule has 2 aromatic rings. The minimum atomic E-state index is -0.982. The van der Waals surface area contributed by atoms with Crippen LogP contribution in [-0.4, -0.2) is 39.7 Å². The molecule has 1 aliphatic heterocycles. The Hall–Kier alpha value is -3.31. The number of hydrogen-bond acceptors (Lipinski definition) is 6. The summed E-state index contributed by atoms with van der Waals surface area (Å²) in [7, 11) is 1.21. The molecule has 0 saturated carbocycles. The van der Waals surface area contributed by atoms with Crippen molar-refractivity contribution < 1.29 is 19.1 Å². The van der Waals surface area contributed by atoms with Crippen molar-refractivity contribution in [2.24, 2.45) is 0 Å². The number of aromatic nitrogens is 1. The van der Waals surface area contributed by atoms with Gasteiger partial charge in [0.15, 0.2) is 0 Å². The first-order valence-electron chi connectivity index (χ1n) is 8.82. The van der Waals surface area contributed by atoms with Crippen LogP contribution in [0.4, 0.5) is 4.79 Å². The molecule has 0 spiro atoms. The number of nitrogens with zero attached hydrogens (tertiary/aromatic N) is 3. The van der Waals surface area contributed by atoms with Gasteiger partial charge in [0.25, 0.3) is 11.1 Å². The van der Waals surface area contributed by atoms with Crippen LogP contribution in [0.5, 0.6) is 0 Å². The van der Waals surface area contributed by atoms with Crippen LogP contribution in [0, 0.1) is 25.2 Å². The Balaban J connectivity index is 1.95. The van der Waals surface area contributed by atoms with E-state index >= 15 is 0 Å². The Morgan fingerprint density at radius 2 is 1.90 bits per heavy atom. The second-order valence-corrected chi connectivity index (χ2v) is 7.56. The van der Waals surface area contributed by atoms with Crippen LogP contribution in [-0.2, 0) is 14.3 Å². The SMILES string of the molecule is COC(=O)[C@@H](C)N1C(=O)S/C(=C/c2cc(C)n(-c3ccc(C#N)cc3)c2C)C1=O. The summed E-state index contributed by atoms with van der Waals surface area (Å²) in [5.74, 6) is -1.16.